The zero-order valence-electron chi connectivity index (χ0n) is 16.3. The zero-order valence-corrected chi connectivity index (χ0v) is 16.3. The largest absolute Gasteiger partial charge is 0.356 e. The van der Waals surface area contributed by atoms with Crippen LogP contribution < -0.4 is 10.6 Å². The van der Waals surface area contributed by atoms with Gasteiger partial charge in [-0.15, -0.1) is 0 Å². The van der Waals surface area contributed by atoms with Crippen LogP contribution in [0.25, 0.3) is 0 Å². The molecule has 0 spiro atoms. The highest BCUT2D eigenvalue weighted by Gasteiger charge is 2.54. The maximum Gasteiger partial charge on any atom is 0.306 e. The van der Waals surface area contributed by atoms with Gasteiger partial charge < -0.3 is 10.6 Å². The van der Waals surface area contributed by atoms with E-state index in [4.69, 9.17) is 0 Å². The van der Waals surface area contributed by atoms with Crippen LogP contribution in [0.3, 0.4) is 0 Å². The molecule has 0 unspecified atom stereocenters. The topological polar surface area (TPSA) is 101 Å². The molecule has 1 aromatic rings. The van der Waals surface area contributed by atoms with Gasteiger partial charge in [-0.2, -0.15) is 4.39 Å². The number of nitrogens with zero attached hydrogens (tertiary/aromatic N) is 1. The van der Waals surface area contributed by atoms with Crippen LogP contribution in [-0.2, 0) is 9.59 Å². The minimum atomic E-state index is -0.944. The maximum atomic E-state index is 13.4. The van der Waals surface area contributed by atoms with Gasteiger partial charge >= 0.3 is 5.69 Å². The number of halogens is 1. The highest BCUT2D eigenvalue weighted by molar-refractivity contribution is 5.91. The van der Waals surface area contributed by atoms with E-state index in [0.717, 1.165) is 31.4 Å². The van der Waals surface area contributed by atoms with E-state index in [0.29, 0.717) is 30.7 Å². The summed E-state index contributed by atoms with van der Waals surface area (Å²) in [6.07, 6.45) is 7.54. The van der Waals surface area contributed by atoms with Crippen LogP contribution in [0.15, 0.2) is 18.2 Å². The molecule has 0 atom stereocenters. The molecular weight excluding hydrogens is 377 g/mol. The number of nitrogens with one attached hydrogen (secondary N) is 2. The Morgan fingerprint density at radius 1 is 1.14 bits per heavy atom. The molecule has 4 aliphatic carbocycles. The summed E-state index contributed by atoms with van der Waals surface area (Å²) in [4.78, 5) is 34.9. The van der Waals surface area contributed by atoms with E-state index in [1.807, 2.05) is 0 Å². The molecule has 0 aliphatic heterocycles. The van der Waals surface area contributed by atoms with Crippen LogP contribution in [0.5, 0.6) is 0 Å². The van der Waals surface area contributed by atoms with Gasteiger partial charge in [-0.25, -0.2) is 0 Å². The van der Waals surface area contributed by atoms with Crippen molar-refractivity contribution in [1.82, 2.24) is 5.32 Å². The zero-order chi connectivity index (χ0) is 20.6. The fourth-order valence-corrected chi connectivity index (χ4v) is 5.98. The number of hydrogen-bond donors (Lipinski definition) is 2. The Morgan fingerprint density at radius 2 is 1.76 bits per heavy atom. The lowest BCUT2D eigenvalue weighted by Gasteiger charge is -2.55. The summed E-state index contributed by atoms with van der Waals surface area (Å²) >= 11 is 0. The monoisotopic (exact) mass is 403 g/mol. The second-order valence-corrected chi connectivity index (χ2v) is 9.03. The molecule has 0 saturated heterocycles. The first kappa shape index (κ1) is 19.8. The molecule has 2 amide bonds. The molecule has 2 N–H and O–H groups in total. The third-order valence-corrected chi connectivity index (χ3v) is 6.81. The number of carbonyl (C=O) groups is 2. The van der Waals surface area contributed by atoms with Gasteiger partial charge in [-0.1, -0.05) is 0 Å². The minimum Gasteiger partial charge on any atom is -0.356 e. The van der Waals surface area contributed by atoms with E-state index in [9.17, 15) is 24.1 Å². The van der Waals surface area contributed by atoms with Crippen molar-refractivity contribution < 1.29 is 18.9 Å². The Hall–Kier alpha value is -2.51. The summed E-state index contributed by atoms with van der Waals surface area (Å²) in [6.45, 7) is 0.428. The van der Waals surface area contributed by atoms with Crippen molar-refractivity contribution in [1.29, 1.82) is 0 Å². The number of rotatable bonds is 7. The molecule has 0 heterocycles. The van der Waals surface area contributed by atoms with E-state index in [-0.39, 0.29) is 29.3 Å². The number of nitro groups is 1. The minimum absolute atomic E-state index is 0.145. The summed E-state index contributed by atoms with van der Waals surface area (Å²) in [6, 6.07) is 3.25. The number of anilines is 1. The van der Waals surface area contributed by atoms with Crippen molar-refractivity contribution in [2.75, 3.05) is 11.9 Å². The summed E-state index contributed by atoms with van der Waals surface area (Å²) < 4.78 is 13.4. The molecule has 1 aromatic carbocycles. The van der Waals surface area contributed by atoms with Gasteiger partial charge in [0.15, 0.2) is 0 Å². The predicted octanol–water partition coefficient (Wildman–Crippen LogP) is 3.79. The number of amides is 2. The van der Waals surface area contributed by atoms with Crippen molar-refractivity contribution in [2.45, 2.75) is 51.4 Å². The van der Waals surface area contributed by atoms with Crippen molar-refractivity contribution in [3.05, 3.63) is 34.1 Å². The van der Waals surface area contributed by atoms with Gasteiger partial charge in [0.2, 0.25) is 17.6 Å². The third-order valence-electron chi connectivity index (χ3n) is 6.81. The van der Waals surface area contributed by atoms with E-state index in [1.54, 1.807) is 0 Å². The number of benzene rings is 1. The van der Waals surface area contributed by atoms with E-state index in [1.165, 1.54) is 25.3 Å². The first-order valence-electron chi connectivity index (χ1n) is 10.4. The van der Waals surface area contributed by atoms with Gasteiger partial charge in [-0.05, 0) is 74.8 Å². The SMILES string of the molecule is O=C(CCCNC(=O)C12CC3CC(CC(C3)C1)C2)Nc1ccc(F)c([N+](=O)[O-])c1. The van der Waals surface area contributed by atoms with Crippen LogP contribution in [0.1, 0.15) is 51.4 Å². The average Bonchev–Trinajstić information content (AvgIpc) is 2.65. The molecule has 29 heavy (non-hydrogen) atoms. The standard InChI is InChI=1S/C21H26FN3O4/c22-17-4-3-16(9-18(17)25(28)29)24-19(26)2-1-5-23-20(27)21-10-13-6-14(11-21)8-15(7-13)12-21/h3-4,9,13-15H,1-2,5-8,10-12H2,(H,23,27)(H,24,26). The average molecular weight is 403 g/mol. The Balaban J connectivity index is 1.23. The fourth-order valence-electron chi connectivity index (χ4n) is 5.98. The molecule has 4 aliphatic rings. The Kier molecular flexibility index (Phi) is 5.27. The van der Waals surface area contributed by atoms with E-state index in [2.05, 4.69) is 10.6 Å². The molecule has 4 saturated carbocycles. The molecular formula is C21H26FN3O4. The van der Waals surface area contributed by atoms with Crippen LogP contribution in [0.4, 0.5) is 15.8 Å². The van der Waals surface area contributed by atoms with Crippen LogP contribution in [-0.4, -0.2) is 23.3 Å². The molecule has 4 fully saturated rings. The Bertz CT molecular complexity index is 806. The van der Waals surface area contributed by atoms with E-state index < -0.39 is 16.4 Å². The Labute approximate surface area is 168 Å². The van der Waals surface area contributed by atoms with E-state index >= 15 is 0 Å². The van der Waals surface area contributed by atoms with Gasteiger partial charge in [0.05, 0.1) is 4.92 Å². The molecule has 0 radical (unpaired) electrons. The van der Waals surface area contributed by atoms with Crippen LogP contribution >= 0.6 is 0 Å². The third kappa shape index (κ3) is 4.11. The van der Waals surface area contributed by atoms with Crippen molar-refractivity contribution in [2.24, 2.45) is 23.2 Å². The number of carbonyl (C=O) groups excluding carboxylic acids is 2. The van der Waals surface area contributed by atoms with Gasteiger partial charge in [0, 0.05) is 30.1 Å². The second-order valence-electron chi connectivity index (χ2n) is 9.03. The highest BCUT2D eigenvalue weighted by atomic mass is 19.1. The summed E-state index contributed by atoms with van der Waals surface area (Å²) in [5.41, 5.74) is -0.685. The normalized spacial score (nSPS) is 29.5. The maximum absolute atomic E-state index is 13.4. The molecule has 0 aromatic heterocycles. The molecule has 5 rings (SSSR count). The number of nitro benzene ring substituents is 1. The predicted molar refractivity (Wildman–Crippen MR) is 105 cm³/mol. The summed E-state index contributed by atoms with van der Waals surface area (Å²) in [5, 5.41) is 16.3. The lowest BCUT2D eigenvalue weighted by atomic mass is 9.49. The van der Waals surface area contributed by atoms with Crippen molar-refractivity contribution >= 4 is 23.2 Å². The highest BCUT2D eigenvalue weighted by Crippen LogP contribution is 2.60. The van der Waals surface area contributed by atoms with Crippen LogP contribution in [0.2, 0.25) is 0 Å². The van der Waals surface area contributed by atoms with Crippen molar-refractivity contribution in [3.8, 4) is 0 Å². The first-order chi connectivity index (χ1) is 13.8. The van der Waals surface area contributed by atoms with Gasteiger partial charge in [0.25, 0.3) is 0 Å². The van der Waals surface area contributed by atoms with Crippen molar-refractivity contribution in [3.63, 3.8) is 0 Å². The molecule has 4 bridgehead atoms. The fraction of sp³-hybridized carbons (Fsp3) is 0.619. The second kappa shape index (κ2) is 7.72. The Morgan fingerprint density at radius 3 is 2.34 bits per heavy atom. The first-order valence-corrected chi connectivity index (χ1v) is 10.4. The molecule has 7 nitrogen and oxygen atoms in total. The van der Waals surface area contributed by atoms with Gasteiger partial charge in [-0.3, -0.25) is 19.7 Å². The lowest BCUT2D eigenvalue weighted by molar-refractivity contribution is -0.387. The number of hydrogen-bond acceptors (Lipinski definition) is 4. The lowest BCUT2D eigenvalue weighted by Crippen LogP contribution is -2.53. The quantitative estimate of drug-likeness (QED) is 0.411. The van der Waals surface area contributed by atoms with Crippen LogP contribution in [0, 0.1) is 39.1 Å². The summed E-state index contributed by atoms with van der Waals surface area (Å²) in [7, 11) is 0. The smallest absolute Gasteiger partial charge is 0.306 e. The van der Waals surface area contributed by atoms with Gasteiger partial charge in [0.1, 0.15) is 0 Å². The molecule has 8 heteroatoms. The molecule has 156 valence electrons. The summed E-state index contributed by atoms with van der Waals surface area (Å²) in [5.74, 6) is 0.995.